The van der Waals surface area contributed by atoms with Crippen LogP contribution in [0.3, 0.4) is 0 Å². The molecule has 136 valence electrons. The summed E-state index contributed by atoms with van der Waals surface area (Å²) >= 11 is 0. The molecule has 4 aromatic rings. The summed E-state index contributed by atoms with van der Waals surface area (Å²) in [6, 6.07) is 21.4. The molecule has 0 amide bonds. The van der Waals surface area contributed by atoms with Crippen LogP contribution in [0.15, 0.2) is 77.6 Å². The van der Waals surface area contributed by atoms with Crippen LogP contribution in [0, 0.1) is 11.3 Å². The maximum atomic E-state index is 9.38. The maximum Gasteiger partial charge on any atom is 0.299 e. The van der Waals surface area contributed by atoms with E-state index in [0.717, 1.165) is 22.2 Å². The second-order valence-electron chi connectivity index (χ2n) is 6.37. The molecule has 0 saturated carbocycles. The summed E-state index contributed by atoms with van der Waals surface area (Å²) in [7, 11) is 0. The van der Waals surface area contributed by atoms with Crippen molar-refractivity contribution >= 4 is 10.9 Å². The highest BCUT2D eigenvalue weighted by Gasteiger charge is 2.22. The molecule has 6 nitrogen and oxygen atoms in total. The lowest BCUT2D eigenvalue weighted by Crippen LogP contribution is -2.03. The van der Waals surface area contributed by atoms with Crippen LogP contribution in [-0.2, 0) is 16.0 Å². The Kier molecular flexibility index (Phi) is 3.84. The van der Waals surface area contributed by atoms with Crippen molar-refractivity contribution in [2.45, 2.75) is 12.8 Å². The monoisotopic (exact) mass is 369 g/mol. The fourth-order valence-corrected chi connectivity index (χ4v) is 3.34. The smallest absolute Gasteiger partial charge is 0.299 e. The zero-order chi connectivity index (χ0) is 18.9. The molecule has 0 unspecified atom stereocenters. The highest BCUT2D eigenvalue weighted by Crippen LogP contribution is 2.33. The minimum absolute atomic E-state index is 0.497. The van der Waals surface area contributed by atoms with E-state index in [0.29, 0.717) is 23.6 Å². The van der Waals surface area contributed by atoms with E-state index in [1.165, 1.54) is 12.5 Å². The van der Waals surface area contributed by atoms with Crippen molar-refractivity contribution in [1.82, 2.24) is 9.78 Å². The van der Waals surface area contributed by atoms with Crippen molar-refractivity contribution in [3.8, 4) is 17.5 Å². The van der Waals surface area contributed by atoms with E-state index >= 15 is 0 Å². The molecule has 0 atom stereocenters. The van der Waals surface area contributed by atoms with Crippen molar-refractivity contribution in [2.24, 2.45) is 0 Å². The van der Waals surface area contributed by atoms with Crippen LogP contribution in [0.2, 0.25) is 0 Å². The Morgan fingerprint density at radius 3 is 2.61 bits per heavy atom. The molecule has 28 heavy (non-hydrogen) atoms. The lowest BCUT2D eigenvalue weighted by atomic mass is 10.1. The van der Waals surface area contributed by atoms with Gasteiger partial charge in [0.05, 0.1) is 23.7 Å². The number of ether oxygens (including phenoxy) is 2. The van der Waals surface area contributed by atoms with E-state index in [2.05, 4.69) is 6.07 Å². The Morgan fingerprint density at radius 1 is 0.964 bits per heavy atom. The number of hydrogen-bond acceptors (Lipinski definition) is 5. The highest BCUT2D eigenvalue weighted by molar-refractivity contribution is 5.92. The molecule has 1 aliphatic rings. The van der Waals surface area contributed by atoms with Gasteiger partial charge < -0.3 is 13.9 Å². The van der Waals surface area contributed by atoms with Crippen molar-refractivity contribution in [2.75, 3.05) is 0 Å². The van der Waals surface area contributed by atoms with Crippen LogP contribution >= 0.6 is 0 Å². The average molecular weight is 369 g/mol. The second-order valence-corrected chi connectivity index (χ2v) is 6.37. The van der Waals surface area contributed by atoms with Crippen molar-refractivity contribution in [1.29, 1.82) is 5.26 Å². The Hall–Kier alpha value is -3.98. The van der Waals surface area contributed by atoms with E-state index in [1.807, 2.05) is 65.3 Å². The molecule has 1 aliphatic heterocycles. The summed E-state index contributed by atoms with van der Waals surface area (Å²) in [4.78, 5) is 0. The molecule has 0 saturated heterocycles. The van der Waals surface area contributed by atoms with Gasteiger partial charge in [0.15, 0.2) is 11.5 Å². The average Bonchev–Trinajstić information content (AvgIpc) is 3.48. The van der Waals surface area contributed by atoms with Crippen LogP contribution in [0.1, 0.15) is 23.2 Å². The Morgan fingerprint density at radius 2 is 1.75 bits per heavy atom. The Bertz CT molecular complexity index is 1220. The third kappa shape index (κ3) is 2.70. The molecule has 2 aromatic heterocycles. The van der Waals surface area contributed by atoms with Crippen LogP contribution in [0.25, 0.3) is 22.4 Å². The molecular weight excluding hydrogens is 354 g/mol. The number of para-hydroxylation sites is 1. The van der Waals surface area contributed by atoms with Crippen LogP contribution in [0.5, 0.6) is 0 Å². The largest absolute Gasteiger partial charge is 0.452 e. The number of aromatic nitrogens is 2. The number of furan rings is 1. The van der Waals surface area contributed by atoms with E-state index in [4.69, 9.17) is 19.0 Å². The first-order valence-electron chi connectivity index (χ1n) is 8.83. The van der Waals surface area contributed by atoms with Gasteiger partial charge in [0.1, 0.15) is 18.2 Å². The highest BCUT2D eigenvalue weighted by atomic mass is 16.7. The maximum absolute atomic E-state index is 9.38. The fraction of sp³-hybridized carbons (Fsp3) is 0.0909. The fourth-order valence-electron chi connectivity index (χ4n) is 3.34. The van der Waals surface area contributed by atoms with Gasteiger partial charge in [-0.1, -0.05) is 36.4 Å². The van der Waals surface area contributed by atoms with Gasteiger partial charge in [-0.15, -0.1) is 0 Å². The van der Waals surface area contributed by atoms with Gasteiger partial charge in [0.2, 0.25) is 0 Å². The van der Waals surface area contributed by atoms with Gasteiger partial charge in [0, 0.05) is 5.39 Å². The topological polar surface area (TPSA) is 73.2 Å². The predicted molar refractivity (Wildman–Crippen MR) is 102 cm³/mol. The summed E-state index contributed by atoms with van der Waals surface area (Å²) in [6.45, 7) is 0.497. The van der Waals surface area contributed by atoms with Crippen molar-refractivity contribution < 1.29 is 13.9 Å². The normalized spacial score (nSPS) is 13.4. The number of hydrogen-bond donors (Lipinski definition) is 0. The minimum Gasteiger partial charge on any atom is -0.452 e. The number of rotatable bonds is 4. The Labute approximate surface area is 160 Å². The molecule has 0 fully saturated rings. The molecule has 3 heterocycles. The lowest BCUT2D eigenvalue weighted by molar-refractivity contribution is -0.0400. The predicted octanol–water partition coefficient (Wildman–Crippen LogP) is 4.73. The zero-order valence-corrected chi connectivity index (χ0v) is 14.8. The molecular formula is C22H15N3O3. The third-order valence-electron chi connectivity index (χ3n) is 4.67. The lowest BCUT2D eigenvalue weighted by Gasteiger charge is -2.06. The third-order valence-corrected chi connectivity index (χ3v) is 4.67. The van der Waals surface area contributed by atoms with E-state index in [9.17, 15) is 5.26 Å². The first-order chi connectivity index (χ1) is 13.8. The van der Waals surface area contributed by atoms with Gasteiger partial charge in [-0.05, 0) is 29.8 Å². The SMILES string of the molecule is N#Cc1ccccc1Cn1nc(-c2ccc(C3OC=CO3)o2)c2ccccc21. The summed E-state index contributed by atoms with van der Waals surface area (Å²) < 4.78 is 18.5. The summed E-state index contributed by atoms with van der Waals surface area (Å²) in [5.74, 6) is 1.21. The Balaban J connectivity index is 1.57. The quantitative estimate of drug-likeness (QED) is 0.520. The van der Waals surface area contributed by atoms with Crippen molar-refractivity contribution in [3.05, 3.63) is 90.1 Å². The summed E-state index contributed by atoms with van der Waals surface area (Å²) in [5, 5.41) is 15.1. The van der Waals surface area contributed by atoms with E-state index in [-0.39, 0.29) is 0 Å². The molecule has 0 aliphatic carbocycles. The zero-order valence-electron chi connectivity index (χ0n) is 14.8. The van der Waals surface area contributed by atoms with Crippen LogP contribution in [0.4, 0.5) is 0 Å². The molecule has 2 aromatic carbocycles. The first-order valence-corrected chi connectivity index (χ1v) is 8.83. The standard InChI is InChI=1S/C22H15N3O3/c23-13-15-5-1-2-6-16(15)14-25-18-8-4-3-7-17(18)21(24-25)19-9-10-20(28-19)22-26-11-12-27-22/h1-12,22H,14H2. The second kappa shape index (κ2) is 6.63. The number of fused-ring (bicyclic) bond motifs is 1. The molecule has 0 spiro atoms. The summed E-state index contributed by atoms with van der Waals surface area (Å²) in [6.07, 6.45) is 2.41. The minimum atomic E-state index is -0.565. The molecule has 6 heteroatoms. The van der Waals surface area contributed by atoms with Gasteiger partial charge >= 0.3 is 0 Å². The van der Waals surface area contributed by atoms with Gasteiger partial charge in [-0.25, -0.2) is 0 Å². The number of benzene rings is 2. The first kappa shape index (κ1) is 16.2. The van der Waals surface area contributed by atoms with Crippen LogP contribution < -0.4 is 0 Å². The van der Waals surface area contributed by atoms with Gasteiger partial charge in [-0.2, -0.15) is 10.4 Å². The van der Waals surface area contributed by atoms with Crippen LogP contribution in [-0.4, -0.2) is 9.78 Å². The number of nitrogens with zero attached hydrogens (tertiary/aromatic N) is 3. The molecule has 0 bridgehead atoms. The number of nitriles is 1. The van der Waals surface area contributed by atoms with Crippen molar-refractivity contribution in [3.63, 3.8) is 0 Å². The van der Waals surface area contributed by atoms with E-state index < -0.39 is 6.29 Å². The molecule has 0 N–H and O–H groups in total. The summed E-state index contributed by atoms with van der Waals surface area (Å²) in [5.41, 5.74) is 3.27. The molecule has 0 radical (unpaired) electrons. The van der Waals surface area contributed by atoms with E-state index in [1.54, 1.807) is 0 Å². The van der Waals surface area contributed by atoms with Gasteiger partial charge in [-0.3, -0.25) is 4.68 Å². The molecule has 5 rings (SSSR count). The van der Waals surface area contributed by atoms with Gasteiger partial charge in [0.25, 0.3) is 6.29 Å².